The third kappa shape index (κ3) is 6.72. The minimum absolute atomic E-state index is 0.200. The number of hydrogen-bond acceptors (Lipinski definition) is 5. The lowest BCUT2D eigenvalue weighted by atomic mass is 9.67. The molecule has 7 heteroatoms. The summed E-state index contributed by atoms with van der Waals surface area (Å²) in [7, 11) is 0. The standard InChI is InChI=1S/C37H41N3O4/c1-25-19-31(20-26(2)33(25)38)37(15-17-40(18-16-37)36(42)44-24-30-13-9-6-10-14-30)32-21-27(3)34(28(4)22-32)39-35(41)43-23-29-11-7-5-8-12-29/h5-14,19-22H,15-18,23-24,38H2,1-4H3,(H,39,41). The molecule has 0 radical (unpaired) electrons. The Morgan fingerprint density at radius 1 is 0.727 bits per heavy atom. The van der Waals surface area contributed by atoms with Crippen LogP contribution in [0.5, 0.6) is 0 Å². The van der Waals surface area contributed by atoms with E-state index >= 15 is 0 Å². The van der Waals surface area contributed by atoms with Crippen molar-refractivity contribution in [3.63, 3.8) is 0 Å². The second-order valence-electron chi connectivity index (χ2n) is 11.8. The van der Waals surface area contributed by atoms with Gasteiger partial charge >= 0.3 is 12.2 Å². The summed E-state index contributed by atoms with van der Waals surface area (Å²) in [6, 6.07) is 28.0. The first-order valence-corrected chi connectivity index (χ1v) is 15.1. The first-order chi connectivity index (χ1) is 21.2. The number of anilines is 2. The van der Waals surface area contributed by atoms with Crippen LogP contribution in [-0.4, -0.2) is 30.2 Å². The van der Waals surface area contributed by atoms with Crippen molar-refractivity contribution in [3.05, 3.63) is 129 Å². The number of nitrogens with one attached hydrogen (secondary N) is 1. The highest BCUT2D eigenvalue weighted by molar-refractivity contribution is 5.87. The highest BCUT2D eigenvalue weighted by Gasteiger charge is 2.40. The fourth-order valence-electron chi connectivity index (χ4n) is 6.17. The quantitative estimate of drug-likeness (QED) is 0.213. The second kappa shape index (κ2) is 13.2. The largest absolute Gasteiger partial charge is 0.445 e. The predicted molar refractivity (Wildman–Crippen MR) is 175 cm³/mol. The number of nitrogens with zero attached hydrogens (tertiary/aromatic N) is 1. The van der Waals surface area contributed by atoms with E-state index in [0.717, 1.165) is 63.2 Å². The summed E-state index contributed by atoms with van der Waals surface area (Å²) in [5.74, 6) is 0. The first kappa shape index (κ1) is 30.7. The van der Waals surface area contributed by atoms with Crippen LogP contribution in [0.15, 0.2) is 84.9 Å². The summed E-state index contributed by atoms with van der Waals surface area (Å²) in [6.07, 6.45) is 0.657. The fraction of sp³-hybridized carbons (Fsp3) is 0.297. The average molecular weight is 592 g/mol. The van der Waals surface area contributed by atoms with Crippen molar-refractivity contribution in [1.82, 2.24) is 4.90 Å². The normalized spacial score (nSPS) is 14.1. The highest BCUT2D eigenvalue weighted by Crippen LogP contribution is 2.45. The van der Waals surface area contributed by atoms with Crippen LogP contribution in [0.1, 0.15) is 57.3 Å². The van der Waals surface area contributed by atoms with Gasteiger partial charge in [-0.2, -0.15) is 0 Å². The van der Waals surface area contributed by atoms with Gasteiger partial charge < -0.3 is 20.1 Å². The van der Waals surface area contributed by atoms with Crippen LogP contribution >= 0.6 is 0 Å². The molecule has 3 N–H and O–H groups in total. The van der Waals surface area contributed by atoms with Crippen molar-refractivity contribution in [1.29, 1.82) is 0 Å². The molecule has 1 fully saturated rings. The lowest BCUT2D eigenvalue weighted by molar-refractivity contribution is 0.0813. The van der Waals surface area contributed by atoms with Crippen LogP contribution < -0.4 is 11.1 Å². The molecule has 1 heterocycles. The molecular formula is C37H41N3O4. The van der Waals surface area contributed by atoms with Crippen LogP contribution in [0.25, 0.3) is 0 Å². The monoisotopic (exact) mass is 591 g/mol. The molecule has 0 bridgehead atoms. The Labute approximate surface area is 260 Å². The van der Waals surface area contributed by atoms with Crippen molar-refractivity contribution in [2.75, 3.05) is 24.1 Å². The zero-order chi connectivity index (χ0) is 31.3. The van der Waals surface area contributed by atoms with E-state index in [-0.39, 0.29) is 24.7 Å². The van der Waals surface area contributed by atoms with Crippen LogP contribution in [-0.2, 0) is 28.1 Å². The number of nitrogens with two attached hydrogens (primary N) is 1. The summed E-state index contributed by atoms with van der Waals surface area (Å²) >= 11 is 0. The van der Waals surface area contributed by atoms with Crippen molar-refractivity contribution in [2.24, 2.45) is 0 Å². The van der Waals surface area contributed by atoms with E-state index in [1.54, 1.807) is 4.90 Å². The Balaban J connectivity index is 1.38. The topological polar surface area (TPSA) is 93.9 Å². The van der Waals surface area contributed by atoms with E-state index in [9.17, 15) is 9.59 Å². The Morgan fingerprint density at radius 2 is 1.18 bits per heavy atom. The van der Waals surface area contributed by atoms with Gasteiger partial charge in [0.1, 0.15) is 13.2 Å². The van der Waals surface area contributed by atoms with Crippen LogP contribution in [0, 0.1) is 27.7 Å². The molecule has 7 nitrogen and oxygen atoms in total. The summed E-state index contributed by atoms with van der Waals surface area (Å²) in [6.45, 7) is 9.66. The molecule has 228 valence electrons. The molecule has 0 saturated carbocycles. The van der Waals surface area contributed by atoms with Gasteiger partial charge in [-0.25, -0.2) is 9.59 Å². The smallest absolute Gasteiger partial charge is 0.411 e. The van der Waals surface area contributed by atoms with E-state index < -0.39 is 6.09 Å². The number of piperidine rings is 1. The number of nitrogen functional groups attached to an aromatic ring is 1. The van der Waals surface area contributed by atoms with Gasteiger partial charge in [-0.1, -0.05) is 84.9 Å². The van der Waals surface area contributed by atoms with Crippen LogP contribution in [0.3, 0.4) is 0 Å². The molecule has 4 aromatic rings. The molecule has 1 aliphatic rings. The van der Waals surface area contributed by atoms with Gasteiger partial charge in [-0.15, -0.1) is 0 Å². The fourth-order valence-corrected chi connectivity index (χ4v) is 6.17. The Bertz CT molecular complexity index is 1580. The second-order valence-corrected chi connectivity index (χ2v) is 11.8. The highest BCUT2D eigenvalue weighted by atomic mass is 16.6. The Hall–Kier alpha value is -4.78. The van der Waals surface area contributed by atoms with Gasteiger partial charge in [0.25, 0.3) is 0 Å². The number of benzene rings is 4. The van der Waals surface area contributed by atoms with Crippen molar-refractivity contribution in [2.45, 2.75) is 59.2 Å². The first-order valence-electron chi connectivity index (χ1n) is 15.1. The summed E-state index contributed by atoms with van der Waals surface area (Å²) in [4.78, 5) is 27.6. The molecule has 44 heavy (non-hydrogen) atoms. The number of carbonyl (C=O) groups excluding carboxylic acids is 2. The van der Waals surface area contributed by atoms with Crippen LogP contribution in [0.2, 0.25) is 0 Å². The number of amides is 2. The molecule has 2 amide bonds. The SMILES string of the molecule is Cc1cc(C2(c3cc(C)c(NC(=O)OCc4ccccc4)c(C)c3)CCN(C(=O)OCc3ccccc3)CC2)cc(C)c1N. The maximum Gasteiger partial charge on any atom is 0.411 e. The number of hydrogen-bond donors (Lipinski definition) is 2. The molecule has 0 spiro atoms. The van der Waals surface area contributed by atoms with E-state index in [1.165, 1.54) is 5.56 Å². The van der Waals surface area contributed by atoms with E-state index in [1.807, 2.05) is 88.4 Å². The zero-order valence-corrected chi connectivity index (χ0v) is 26.0. The van der Waals surface area contributed by atoms with Gasteiger partial charge in [-0.05, 0) is 85.0 Å². The Morgan fingerprint density at radius 3 is 1.68 bits per heavy atom. The molecule has 5 rings (SSSR count). The molecule has 0 aliphatic carbocycles. The molecule has 0 aromatic heterocycles. The molecule has 0 atom stereocenters. The van der Waals surface area contributed by atoms with Gasteiger partial charge in [0, 0.05) is 29.9 Å². The molecular weight excluding hydrogens is 550 g/mol. The lowest BCUT2D eigenvalue weighted by Crippen LogP contribution is -2.46. The Kier molecular flexibility index (Phi) is 9.23. The van der Waals surface area contributed by atoms with Gasteiger partial charge in [0.15, 0.2) is 0 Å². The molecule has 0 unspecified atom stereocenters. The molecule has 1 aliphatic heterocycles. The summed E-state index contributed by atoms with van der Waals surface area (Å²) in [5.41, 5.74) is 15.8. The van der Waals surface area contributed by atoms with E-state index in [4.69, 9.17) is 15.2 Å². The van der Waals surface area contributed by atoms with Crippen molar-refractivity contribution in [3.8, 4) is 0 Å². The third-order valence-corrected chi connectivity index (χ3v) is 8.75. The minimum Gasteiger partial charge on any atom is -0.445 e. The maximum absolute atomic E-state index is 13.0. The van der Waals surface area contributed by atoms with Crippen molar-refractivity contribution < 1.29 is 19.1 Å². The third-order valence-electron chi connectivity index (χ3n) is 8.75. The van der Waals surface area contributed by atoms with Gasteiger partial charge in [0.2, 0.25) is 0 Å². The number of likely N-dealkylation sites (tertiary alicyclic amines) is 1. The molecule has 1 saturated heterocycles. The van der Waals surface area contributed by atoms with Crippen molar-refractivity contribution >= 4 is 23.6 Å². The maximum atomic E-state index is 13.0. The van der Waals surface area contributed by atoms with Gasteiger partial charge in [0.05, 0.1) is 0 Å². The summed E-state index contributed by atoms with van der Waals surface area (Å²) < 4.78 is 11.1. The lowest BCUT2D eigenvalue weighted by Gasteiger charge is -2.43. The van der Waals surface area contributed by atoms with E-state index in [2.05, 4.69) is 29.6 Å². The molecule has 4 aromatic carbocycles. The van der Waals surface area contributed by atoms with Crippen LogP contribution in [0.4, 0.5) is 21.0 Å². The summed E-state index contributed by atoms with van der Waals surface area (Å²) in [5, 5.41) is 2.96. The minimum atomic E-state index is -0.491. The number of aryl methyl sites for hydroxylation is 4. The number of ether oxygens (including phenoxy) is 2. The zero-order valence-electron chi connectivity index (χ0n) is 26.0. The number of carbonyl (C=O) groups is 2. The predicted octanol–water partition coefficient (Wildman–Crippen LogP) is 7.97. The average Bonchev–Trinajstić information content (AvgIpc) is 3.04. The number of rotatable bonds is 7. The van der Waals surface area contributed by atoms with E-state index in [0.29, 0.717) is 13.1 Å². The van der Waals surface area contributed by atoms with Gasteiger partial charge in [-0.3, -0.25) is 5.32 Å².